The topological polar surface area (TPSA) is 75.3 Å². The van der Waals surface area contributed by atoms with Crippen LogP contribution in [0.4, 0.5) is 5.69 Å². The summed E-state index contributed by atoms with van der Waals surface area (Å²) in [5.41, 5.74) is 0.901. The fourth-order valence-corrected chi connectivity index (χ4v) is 5.19. The fraction of sp³-hybridized carbons (Fsp3) is 0.150. The van der Waals surface area contributed by atoms with Gasteiger partial charge < -0.3 is 5.32 Å². The van der Waals surface area contributed by atoms with Crippen LogP contribution in [0.5, 0.6) is 0 Å². The lowest BCUT2D eigenvalue weighted by Crippen LogP contribution is -2.25. The minimum absolute atomic E-state index is 0.172. The van der Waals surface area contributed by atoms with Crippen LogP contribution in [0.15, 0.2) is 77.0 Å². The molecule has 3 rings (SSSR count). The molecule has 0 saturated heterocycles. The lowest BCUT2D eigenvalue weighted by atomic mass is 10.2. The van der Waals surface area contributed by atoms with E-state index in [2.05, 4.69) is 21.5 Å². The van der Waals surface area contributed by atoms with Gasteiger partial charge in [0.1, 0.15) is 0 Å². The summed E-state index contributed by atoms with van der Waals surface area (Å²) < 4.78 is 27.1. The molecular formula is C20H20N2O3S3. The summed E-state index contributed by atoms with van der Waals surface area (Å²) in [6.07, 6.45) is 0. The van der Waals surface area contributed by atoms with Gasteiger partial charge in [-0.3, -0.25) is 9.52 Å². The van der Waals surface area contributed by atoms with Crippen LogP contribution >= 0.6 is 23.1 Å². The summed E-state index contributed by atoms with van der Waals surface area (Å²) in [6.45, 7) is 0.581. The standard InChI is InChI=1S/C20H20N2O3S3/c23-20(21-12-14-26-15-18-5-4-13-27-18)16-8-10-17(11-9-16)22-28(24,25)19-6-2-1-3-7-19/h1-11,13,22H,12,14-15H2,(H,21,23). The van der Waals surface area contributed by atoms with Crippen molar-refractivity contribution in [3.05, 3.63) is 82.6 Å². The zero-order chi connectivity index (χ0) is 19.8. The summed E-state index contributed by atoms with van der Waals surface area (Å²) in [4.78, 5) is 13.7. The van der Waals surface area contributed by atoms with Gasteiger partial charge in [0, 0.05) is 34.2 Å². The van der Waals surface area contributed by atoms with Gasteiger partial charge in [0.25, 0.3) is 15.9 Å². The maximum atomic E-state index is 12.3. The molecule has 146 valence electrons. The Morgan fingerprint density at radius 3 is 2.39 bits per heavy atom. The fourth-order valence-electron chi connectivity index (χ4n) is 2.41. The molecule has 1 amide bonds. The van der Waals surface area contributed by atoms with Crippen molar-refractivity contribution in [2.45, 2.75) is 10.6 Å². The van der Waals surface area contributed by atoms with Gasteiger partial charge in [0.15, 0.2) is 0 Å². The molecule has 0 aliphatic carbocycles. The number of rotatable bonds is 9. The van der Waals surface area contributed by atoms with Crippen molar-refractivity contribution in [1.82, 2.24) is 5.32 Å². The first-order chi connectivity index (χ1) is 13.5. The van der Waals surface area contributed by atoms with E-state index in [1.54, 1.807) is 65.6 Å². The van der Waals surface area contributed by atoms with Crippen molar-refractivity contribution in [3.8, 4) is 0 Å². The highest BCUT2D eigenvalue weighted by atomic mass is 32.2. The summed E-state index contributed by atoms with van der Waals surface area (Å²) in [6, 6.07) is 18.7. The molecule has 1 heterocycles. The van der Waals surface area contributed by atoms with E-state index in [9.17, 15) is 13.2 Å². The van der Waals surface area contributed by atoms with E-state index in [4.69, 9.17) is 0 Å². The third kappa shape index (κ3) is 5.85. The normalized spacial score (nSPS) is 11.1. The molecular weight excluding hydrogens is 412 g/mol. The Bertz CT molecular complexity index is 987. The van der Waals surface area contributed by atoms with Crippen LogP contribution in [0.2, 0.25) is 0 Å². The lowest BCUT2D eigenvalue weighted by Gasteiger charge is -2.09. The number of carbonyl (C=O) groups excluding carboxylic acids is 1. The molecule has 0 aliphatic heterocycles. The van der Waals surface area contributed by atoms with Gasteiger partial charge >= 0.3 is 0 Å². The van der Waals surface area contributed by atoms with Crippen molar-refractivity contribution >= 4 is 44.7 Å². The maximum absolute atomic E-state index is 12.3. The predicted molar refractivity (Wildman–Crippen MR) is 117 cm³/mol. The Labute approximate surface area is 173 Å². The van der Waals surface area contributed by atoms with Crippen molar-refractivity contribution in [1.29, 1.82) is 0 Å². The van der Waals surface area contributed by atoms with Gasteiger partial charge in [0.2, 0.25) is 0 Å². The van der Waals surface area contributed by atoms with Gasteiger partial charge in [-0.1, -0.05) is 24.3 Å². The number of anilines is 1. The molecule has 0 radical (unpaired) electrons. The first-order valence-electron chi connectivity index (χ1n) is 8.61. The van der Waals surface area contributed by atoms with E-state index in [1.807, 2.05) is 6.07 Å². The van der Waals surface area contributed by atoms with Gasteiger partial charge in [-0.05, 0) is 47.8 Å². The molecule has 28 heavy (non-hydrogen) atoms. The third-order valence-corrected chi connectivity index (χ3v) is 7.27. The molecule has 0 atom stereocenters. The second-order valence-corrected chi connectivity index (χ2v) is 9.70. The van der Waals surface area contributed by atoms with Crippen molar-refractivity contribution < 1.29 is 13.2 Å². The molecule has 0 saturated carbocycles. The average Bonchev–Trinajstić information content (AvgIpc) is 3.22. The van der Waals surface area contributed by atoms with Gasteiger partial charge in [-0.15, -0.1) is 11.3 Å². The van der Waals surface area contributed by atoms with E-state index in [-0.39, 0.29) is 10.8 Å². The number of hydrogen-bond acceptors (Lipinski definition) is 5. The van der Waals surface area contributed by atoms with E-state index >= 15 is 0 Å². The van der Waals surface area contributed by atoms with Crippen LogP contribution in [0.25, 0.3) is 0 Å². The Morgan fingerprint density at radius 2 is 1.71 bits per heavy atom. The summed E-state index contributed by atoms with van der Waals surface area (Å²) in [5.74, 6) is 1.61. The van der Waals surface area contributed by atoms with Gasteiger partial charge in [-0.2, -0.15) is 11.8 Å². The predicted octanol–water partition coefficient (Wildman–Crippen LogP) is 4.21. The van der Waals surface area contributed by atoms with Crippen LogP contribution in [0.1, 0.15) is 15.2 Å². The monoisotopic (exact) mass is 432 g/mol. The largest absolute Gasteiger partial charge is 0.351 e. The number of thioether (sulfide) groups is 1. The highest BCUT2D eigenvalue weighted by Gasteiger charge is 2.13. The van der Waals surface area contributed by atoms with Crippen molar-refractivity contribution in [2.24, 2.45) is 0 Å². The first kappa shape index (κ1) is 20.4. The minimum Gasteiger partial charge on any atom is -0.351 e. The second-order valence-electron chi connectivity index (χ2n) is 5.88. The molecule has 0 bridgehead atoms. The van der Waals surface area contributed by atoms with E-state index in [0.717, 1.165) is 11.5 Å². The van der Waals surface area contributed by atoms with E-state index < -0.39 is 10.0 Å². The van der Waals surface area contributed by atoms with E-state index in [0.29, 0.717) is 17.8 Å². The number of sulfonamides is 1. The average molecular weight is 433 g/mol. The molecule has 0 aliphatic rings. The number of nitrogens with one attached hydrogen (secondary N) is 2. The van der Waals surface area contributed by atoms with Gasteiger partial charge in [-0.25, -0.2) is 8.42 Å². The number of benzene rings is 2. The first-order valence-corrected chi connectivity index (χ1v) is 12.1. The Balaban J connectivity index is 1.47. The SMILES string of the molecule is O=C(NCCSCc1cccs1)c1ccc(NS(=O)(=O)c2ccccc2)cc1. The number of thiophene rings is 1. The van der Waals surface area contributed by atoms with Crippen LogP contribution in [-0.4, -0.2) is 26.6 Å². The van der Waals surface area contributed by atoms with Crippen LogP contribution < -0.4 is 10.0 Å². The minimum atomic E-state index is -3.64. The third-order valence-electron chi connectivity index (χ3n) is 3.81. The molecule has 0 spiro atoms. The maximum Gasteiger partial charge on any atom is 0.261 e. The molecule has 5 nitrogen and oxygen atoms in total. The zero-order valence-electron chi connectivity index (χ0n) is 15.0. The Hall–Kier alpha value is -2.29. The lowest BCUT2D eigenvalue weighted by molar-refractivity contribution is 0.0956. The van der Waals surface area contributed by atoms with Crippen LogP contribution in [-0.2, 0) is 15.8 Å². The molecule has 0 unspecified atom stereocenters. The quantitative estimate of drug-likeness (QED) is 0.497. The second kappa shape index (κ2) is 9.77. The smallest absolute Gasteiger partial charge is 0.261 e. The summed E-state index contributed by atoms with van der Waals surface area (Å²) in [5, 5.41) is 4.93. The van der Waals surface area contributed by atoms with Crippen LogP contribution in [0, 0.1) is 0 Å². The number of carbonyl (C=O) groups is 1. The molecule has 2 aromatic carbocycles. The van der Waals surface area contributed by atoms with Crippen molar-refractivity contribution in [3.63, 3.8) is 0 Å². The summed E-state index contributed by atoms with van der Waals surface area (Å²) in [7, 11) is -3.64. The Kier molecular flexibility index (Phi) is 7.13. The zero-order valence-corrected chi connectivity index (χ0v) is 17.4. The van der Waals surface area contributed by atoms with E-state index in [1.165, 1.54) is 17.0 Å². The number of amides is 1. The molecule has 1 aromatic heterocycles. The highest BCUT2D eigenvalue weighted by Crippen LogP contribution is 2.17. The van der Waals surface area contributed by atoms with Crippen LogP contribution in [0.3, 0.4) is 0 Å². The van der Waals surface area contributed by atoms with Gasteiger partial charge in [0.05, 0.1) is 4.90 Å². The number of hydrogen-bond donors (Lipinski definition) is 2. The Morgan fingerprint density at radius 1 is 0.964 bits per heavy atom. The molecule has 0 fully saturated rings. The molecule has 3 aromatic rings. The van der Waals surface area contributed by atoms with Crippen molar-refractivity contribution in [2.75, 3.05) is 17.0 Å². The summed E-state index contributed by atoms with van der Waals surface area (Å²) >= 11 is 3.50. The highest BCUT2D eigenvalue weighted by molar-refractivity contribution is 7.98. The molecule has 8 heteroatoms. The molecule has 2 N–H and O–H groups in total.